The molecule has 1 atom stereocenters. The normalized spacial score (nSPS) is 11.4. The van der Waals surface area contributed by atoms with Crippen LogP contribution in [0.2, 0.25) is 0 Å². The van der Waals surface area contributed by atoms with E-state index in [9.17, 15) is 9.59 Å². The number of anilines is 1. The smallest absolute Gasteiger partial charge is 0.260 e. The minimum Gasteiger partial charge on any atom is -0.496 e. The number of carbonyl (C=O) groups excluding carboxylic acids is 2. The van der Waals surface area contributed by atoms with Gasteiger partial charge in [0.15, 0.2) is 0 Å². The molecule has 150 valence electrons. The molecule has 0 bridgehead atoms. The summed E-state index contributed by atoms with van der Waals surface area (Å²) in [6, 6.07) is 7.99. The Labute approximate surface area is 168 Å². The summed E-state index contributed by atoms with van der Waals surface area (Å²) in [5.74, 6) is 0.711. The number of aryl methyl sites for hydroxylation is 2. The fourth-order valence-electron chi connectivity index (χ4n) is 2.56. The van der Waals surface area contributed by atoms with Crippen molar-refractivity contribution in [2.75, 3.05) is 24.5 Å². The van der Waals surface area contributed by atoms with E-state index in [0.29, 0.717) is 29.4 Å². The molecule has 1 heterocycles. The number of nitrogens with one attached hydrogen (secondary N) is 3. The fraction of sp³-hybridized carbons (Fsp3) is 0.368. The van der Waals surface area contributed by atoms with Gasteiger partial charge in [-0.05, 0) is 50.5 Å². The number of hydrazine groups is 1. The van der Waals surface area contributed by atoms with E-state index < -0.39 is 6.04 Å². The van der Waals surface area contributed by atoms with Crippen molar-refractivity contribution in [2.45, 2.75) is 26.3 Å². The Balaban J connectivity index is 2.06. The number of amides is 2. The zero-order valence-electron chi connectivity index (χ0n) is 16.4. The lowest BCUT2D eigenvalue weighted by atomic mass is 10.1. The third-order valence-electron chi connectivity index (χ3n) is 3.86. The predicted octanol–water partition coefficient (Wildman–Crippen LogP) is 2.10. The van der Waals surface area contributed by atoms with E-state index in [-0.39, 0.29) is 11.8 Å². The Morgan fingerprint density at radius 1 is 1.18 bits per heavy atom. The number of methoxy groups -OCH3 is 1. The number of ether oxygens (including phenoxy) is 1. The number of para-hydroxylation sites is 1. The molecule has 28 heavy (non-hydrogen) atoms. The maximum atomic E-state index is 12.6. The highest BCUT2D eigenvalue weighted by atomic mass is 32.2. The summed E-state index contributed by atoms with van der Waals surface area (Å²) < 4.78 is 5.22. The fourth-order valence-corrected chi connectivity index (χ4v) is 3.03. The first-order valence-electron chi connectivity index (χ1n) is 8.75. The zero-order valence-corrected chi connectivity index (χ0v) is 17.2. The summed E-state index contributed by atoms with van der Waals surface area (Å²) in [5, 5.41) is 2.78. The minimum absolute atomic E-state index is 0.297. The molecule has 0 radical (unpaired) electrons. The highest BCUT2D eigenvalue weighted by Gasteiger charge is 2.22. The number of rotatable bonds is 9. The number of aromatic nitrogens is 2. The standard InChI is InChI=1S/C19H25N5O3S/c1-12-11-13(2)21-19(20-12)24-23-18(26)15(9-10-28-4)22-17(25)14-7-5-6-8-16(14)27-3/h5-8,11,15H,9-10H2,1-4H3,(H,22,25)(H,23,26)(H,20,21,24). The first kappa shape index (κ1) is 21.5. The Morgan fingerprint density at radius 3 is 2.50 bits per heavy atom. The molecule has 2 aromatic rings. The summed E-state index contributed by atoms with van der Waals surface area (Å²) in [7, 11) is 1.50. The molecule has 8 nitrogen and oxygen atoms in total. The van der Waals surface area contributed by atoms with Crippen LogP contribution in [0.4, 0.5) is 5.95 Å². The maximum Gasteiger partial charge on any atom is 0.260 e. The van der Waals surface area contributed by atoms with Crippen molar-refractivity contribution in [2.24, 2.45) is 0 Å². The summed E-state index contributed by atoms with van der Waals surface area (Å²) in [6.45, 7) is 3.69. The lowest BCUT2D eigenvalue weighted by Crippen LogP contribution is -2.48. The van der Waals surface area contributed by atoms with Crippen molar-refractivity contribution >= 4 is 29.5 Å². The SMILES string of the molecule is COc1ccccc1C(=O)NC(CCSC)C(=O)NNc1nc(C)cc(C)n1. The van der Waals surface area contributed by atoms with Gasteiger partial charge in [0.05, 0.1) is 12.7 Å². The summed E-state index contributed by atoms with van der Waals surface area (Å²) in [6.07, 6.45) is 2.42. The Morgan fingerprint density at radius 2 is 1.86 bits per heavy atom. The van der Waals surface area contributed by atoms with E-state index >= 15 is 0 Å². The molecular weight excluding hydrogens is 378 g/mol. The number of benzene rings is 1. The van der Waals surface area contributed by atoms with Crippen LogP contribution in [0.3, 0.4) is 0 Å². The number of hydrogen-bond donors (Lipinski definition) is 3. The van der Waals surface area contributed by atoms with Gasteiger partial charge < -0.3 is 10.1 Å². The zero-order chi connectivity index (χ0) is 20.5. The van der Waals surface area contributed by atoms with Gasteiger partial charge in [0.1, 0.15) is 11.8 Å². The van der Waals surface area contributed by atoms with Gasteiger partial charge in [-0.25, -0.2) is 9.97 Å². The monoisotopic (exact) mass is 403 g/mol. The lowest BCUT2D eigenvalue weighted by Gasteiger charge is -2.19. The van der Waals surface area contributed by atoms with Gasteiger partial charge in [-0.3, -0.25) is 20.4 Å². The van der Waals surface area contributed by atoms with E-state index in [1.54, 1.807) is 36.0 Å². The van der Waals surface area contributed by atoms with E-state index in [4.69, 9.17) is 4.74 Å². The quantitative estimate of drug-likeness (QED) is 0.551. The Kier molecular flexibility index (Phi) is 8.06. The molecule has 1 aromatic heterocycles. The number of nitrogens with zero attached hydrogens (tertiary/aromatic N) is 2. The highest BCUT2D eigenvalue weighted by Crippen LogP contribution is 2.17. The van der Waals surface area contributed by atoms with Gasteiger partial charge in [-0.15, -0.1) is 0 Å². The van der Waals surface area contributed by atoms with Crippen molar-refractivity contribution in [3.8, 4) is 5.75 Å². The number of carbonyl (C=O) groups is 2. The van der Waals surface area contributed by atoms with Crippen molar-refractivity contribution in [1.29, 1.82) is 0 Å². The molecule has 0 saturated heterocycles. The summed E-state index contributed by atoms with van der Waals surface area (Å²) in [4.78, 5) is 33.7. The molecule has 0 spiro atoms. The van der Waals surface area contributed by atoms with Crippen molar-refractivity contribution in [3.05, 3.63) is 47.3 Å². The average molecular weight is 404 g/mol. The van der Waals surface area contributed by atoms with Crippen LogP contribution in [0.5, 0.6) is 5.75 Å². The number of hydrogen-bond acceptors (Lipinski definition) is 7. The van der Waals surface area contributed by atoms with Gasteiger partial charge in [-0.2, -0.15) is 11.8 Å². The second-order valence-corrected chi connectivity index (χ2v) is 7.08. The minimum atomic E-state index is -0.719. The Hall–Kier alpha value is -2.81. The van der Waals surface area contributed by atoms with Crippen LogP contribution in [0.15, 0.2) is 30.3 Å². The van der Waals surface area contributed by atoms with Crippen LogP contribution in [-0.4, -0.2) is 46.9 Å². The molecule has 9 heteroatoms. The van der Waals surface area contributed by atoms with Gasteiger partial charge in [0.25, 0.3) is 11.8 Å². The lowest BCUT2D eigenvalue weighted by molar-refractivity contribution is -0.122. The van der Waals surface area contributed by atoms with E-state index in [1.165, 1.54) is 7.11 Å². The van der Waals surface area contributed by atoms with E-state index in [0.717, 1.165) is 11.4 Å². The third-order valence-corrected chi connectivity index (χ3v) is 4.51. The van der Waals surface area contributed by atoms with Gasteiger partial charge >= 0.3 is 0 Å². The molecule has 0 aliphatic carbocycles. The maximum absolute atomic E-state index is 12.6. The van der Waals surface area contributed by atoms with Gasteiger partial charge in [0.2, 0.25) is 5.95 Å². The third kappa shape index (κ3) is 6.12. The van der Waals surface area contributed by atoms with Crippen LogP contribution in [0.1, 0.15) is 28.2 Å². The molecule has 3 N–H and O–H groups in total. The molecular formula is C19H25N5O3S. The summed E-state index contributed by atoms with van der Waals surface area (Å²) >= 11 is 1.60. The van der Waals surface area contributed by atoms with Crippen molar-refractivity contribution in [3.63, 3.8) is 0 Å². The molecule has 0 fully saturated rings. The van der Waals surface area contributed by atoms with E-state index in [2.05, 4.69) is 26.1 Å². The molecule has 1 unspecified atom stereocenters. The molecule has 0 aliphatic rings. The van der Waals surface area contributed by atoms with Crippen molar-refractivity contribution < 1.29 is 14.3 Å². The topological polar surface area (TPSA) is 105 Å². The number of thioether (sulfide) groups is 1. The average Bonchev–Trinajstić information content (AvgIpc) is 2.68. The molecule has 0 aliphatic heterocycles. The largest absolute Gasteiger partial charge is 0.496 e. The van der Waals surface area contributed by atoms with Crippen LogP contribution >= 0.6 is 11.8 Å². The first-order chi connectivity index (χ1) is 13.4. The van der Waals surface area contributed by atoms with Crippen LogP contribution < -0.4 is 20.9 Å². The van der Waals surface area contributed by atoms with Crippen molar-refractivity contribution in [1.82, 2.24) is 20.7 Å². The second-order valence-electron chi connectivity index (χ2n) is 6.10. The molecule has 2 amide bonds. The highest BCUT2D eigenvalue weighted by molar-refractivity contribution is 7.98. The molecule has 1 aromatic carbocycles. The van der Waals surface area contributed by atoms with Crippen LogP contribution in [-0.2, 0) is 4.79 Å². The predicted molar refractivity (Wildman–Crippen MR) is 111 cm³/mol. The summed E-state index contributed by atoms with van der Waals surface area (Å²) in [5.41, 5.74) is 7.24. The van der Waals surface area contributed by atoms with Gasteiger partial charge in [-0.1, -0.05) is 12.1 Å². The first-order valence-corrected chi connectivity index (χ1v) is 10.1. The van der Waals surface area contributed by atoms with Gasteiger partial charge in [0, 0.05) is 11.4 Å². The van der Waals surface area contributed by atoms with Crippen LogP contribution in [0, 0.1) is 13.8 Å². The van der Waals surface area contributed by atoms with E-state index in [1.807, 2.05) is 26.2 Å². The Bertz CT molecular complexity index is 811. The second kappa shape index (κ2) is 10.5. The molecule has 0 saturated carbocycles. The van der Waals surface area contributed by atoms with Crippen LogP contribution in [0.25, 0.3) is 0 Å². The molecule has 2 rings (SSSR count).